The predicted molar refractivity (Wildman–Crippen MR) is 83.6 cm³/mol. The van der Waals surface area contributed by atoms with Crippen LogP contribution in [0, 0.1) is 0 Å². The molecule has 0 aliphatic rings. The molecule has 1 N–H and O–H groups in total. The summed E-state index contributed by atoms with van der Waals surface area (Å²) in [5.74, 6) is 1.77. The van der Waals surface area contributed by atoms with Crippen LogP contribution in [0.1, 0.15) is 32.1 Å². The molecular weight excluding hydrogens is 326 g/mol. The Morgan fingerprint density at radius 1 is 1.32 bits per heavy atom. The van der Waals surface area contributed by atoms with E-state index in [0.717, 1.165) is 34.5 Å². The molecule has 4 heteroatoms. The largest absolute Gasteiger partial charge is 0.459 e. The van der Waals surface area contributed by atoms with Crippen LogP contribution in [0.15, 0.2) is 39.2 Å². The minimum absolute atomic E-state index is 0.214. The minimum atomic E-state index is 0.214. The molecule has 1 aromatic carbocycles. The normalized spacial score (nSPS) is 12.6. The van der Waals surface area contributed by atoms with Crippen molar-refractivity contribution < 1.29 is 4.42 Å². The van der Waals surface area contributed by atoms with Gasteiger partial charge >= 0.3 is 0 Å². The maximum absolute atomic E-state index is 6.03. The molecule has 1 atom stereocenters. The van der Waals surface area contributed by atoms with E-state index in [1.807, 2.05) is 30.3 Å². The van der Waals surface area contributed by atoms with Gasteiger partial charge in [0.25, 0.3) is 0 Å². The second-order valence-corrected chi connectivity index (χ2v) is 5.79. The second-order valence-electron chi connectivity index (χ2n) is 4.50. The summed E-state index contributed by atoms with van der Waals surface area (Å²) in [6, 6.07) is 9.89. The number of furan rings is 1. The van der Waals surface area contributed by atoms with Crippen LogP contribution in [0.4, 0.5) is 0 Å². The van der Waals surface area contributed by atoms with Gasteiger partial charge in [0, 0.05) is 15.1 Å². The molecule has 1 aromatic heterocycles. The lowest BCUT2D eigenvalue weighted by molar-refractivity contribution is 0.438. The highest BCUT2D eigenvalue weighted by Gasteiger charge is 2.12. The molecule has 0 aliphatic carbocycles. The van der Waals surface area contributed by atoms with E-state index in [4.69, 9.17) is 16.0 Å². The molecule has 0 aliphatic heterocycles. The van der Waals surface area contributed by atoms with E-state index in [0.29, 0.717) is 5.02 Å². The van der Waals surface area contributed by atoms with Crippen LogP contribution in [0.5, 0.6) is 0 Å². The van der Waals surface area contributed by atoms with Gasteiger partial charge in [-0.2, -0.15) is 0 Å². The first-order valence-corrected chi connectivity index (χ1v) is 7.57. The predicted octanol–water partition coefficient (Wildman–Crippen LogP) is 5.42. The van der Waals surface area contributed by atoms with Crippen molar-refractivity contribution in [3.05, 3.63) is 45.6 Å². The van der Waals surface area contributed by atoms with Crippen LogP contribution >= 0.6 is 27.5 Å². The van der Waals surface area contributed by atoms with Crippen molar-refractivity contribution in [1.82, 2.24) is 5.32 Å². The van der Waals surface area contributed by atoms with E-state index >= 15 is 0 Å². The second kappa shape index (κ2) is 6.60. The smallest absolute Gasteiger partial charge is 0.135 e. The summed E-state index contributed by atoms with van der Waals surface area (Å²) in [6.07, 6.45) is 1.11. The molecule has 0 radical (unpaired) electrons. The van der Waals surface area contributed by atoms with E-state index < -0.39 is 0 Å². The molecule has 2 nitrogen and oxygen atoms in total. The maximum Gasteiger partial charge on any atom is 0.135 e. The first-order chi connectivity index (χ1) is 9.11. The molecule has 0 amide bonds. The monoisotopic (exact) mass is 341 g/mol. The van der Waals surface area contributed by atoms with Gasteiger partial charge in [-0.1, -0.05) is 34.5 Å². The molecule has 0 spiro atoms. The van der Waals surface area contributed by atoms with Gasteiger partial charge in [0.15, 0.2) is 0 Å². The lowest BCUT2D eigenvalue weighted by Crippen LogP contribution is -2.18. The summed E-state index contributed by atoms with van der Waals surface area (Å²) in [5, 5.41) is 4.11. The fourth-order valence-electron chi connectivity index (χ4n) is 1.88. The van der Waals surface area contributed by atoms with Crippen LogP contribution < -0.4 is 5.32 Å². The van der Waals surface area contributed by atoms with Crippen LogP contribution in [0.2, 0.25) is 5.02 Å². The zero-order valence-electron chi connectivity index (χ0n) is 11.0. The molecule has 0 bridgehead atoms. The van der Waals surface area contributed by atoms with E-state index in [9.17, 15) is 0 Å². The average Bonchev–Trinajstić information content (AvgIpc) is 2.88. The van der Waals surface area contributed by atoms with Crippen molar-refractivity contribution in [2.24, 2.45) is 0 Å². The van der Waals surface area contributed by atoms with Gasteiger partial charge in [-0.15, -0.1) is 0 Å². The van der Waals surface area contributed by atoms with E-state index in [1.165, 1.54) is 0 Å². The van der Waals surface area contributed by atoms with Gasteiger partial charge in [0.2, 0.25) is 0 Å². The Morgan fingerprint density at radius 3 is 2.84 bits per heavy atom. The zero-order valence-corrected chi connectivity index (χ0v) is 13.4. The Morgan fingerprint density at radius 2 is 2.11 bits per heavy atom. The molecule has 2 aromatic rings. The van der Waals surface area contributed by atoms with Gasteiger partial charge in [-0.25, -0.2) is 0 Å². The SMILES string of the molecule is CCCNC(C)c1ccc(-c2cc(Cl)ccc2Br)o1. The van der Waals surface area contributed by atoms with Crippen LogP contribution in [0.3, 0.4) is 0 Å². The van der Waals surface area contributed by atoms with Crippen molar-refractivity contribution >= 4 is 27.5 Å². The van der Waals surface area contributed by atoms with Crippen LogP contribution in [-0.4, -0.2) is 6.54 Å². The minimum Gasteiger partial charge on any atom is -0.459 e. The maximum atomic E-state index is 6.03. The highest BCUT2D eigenvalue weighted by molar-refractivity contribution is 9.10. The summed E-state index contributed by atoms with van der Waals surface area (Å²) in [5.41, 5.74) is 0.974. The van der Waals surface area contributed by atoms with Gasteiger partial charge in [-0.3, -0.25) is 0 Å². The Kier molecular flexibility index (Phi) is 5.08. The highest BCUT2D eigenvalue weighted by Crippen LogP contribution is 2.33. The third-order valence-electron chi connectivity index (χ3n) is 2.95. The number of nitrogens with one attached hydrogen (secondary N) is 1. The molecule has 0 fully saturated rings. The Balaban J connectivity index is 2.23. The van der Waals surface area contributed by atoms with Crippen LogP contribution in [-0.2, 0) is 0 Å². The zero-order chi connectivity index (χ0) is 13.8. The first-order valence-electron chi connectivity index (χ1n) is 6.40. The summed E-state index contributed by atoms with van der Waals surface area (Å²) in [7, 11) is 0. The van der Waals surface area contributed by atoms with Gasteiger partial charge < -0.3 is 9.73 Å². The quantitative estimate of drug-likeness (QED) is 0.784. The number of rotatable bonds is 5. The summed E-state index contributed by atoms with van der Waals surface area (Å²) < 4.78 is 6.89. The molecule has 0 saturated carbocycles. The molecule has 1 unspecified atom stereocenters. The third-order valence-corrected chi connectivity index (χ3v) is 3.87. The Hall–Kier alpha value is -0.770. The van der Waals surface area contributed by atoms with Gasteiger partial charge in [0.05, 0.1) is 6.04 Å². The van der Waals surface area contributed by atoms with Gasteiger partial charge in [0.1, 0.15) is 11.5 Å². The lowest BCUT2D eigenvalue weighted by atomic mass is 10.2. The Bertz CT molecular complexity index is 553. The molecule has 102 valence electrons. The van der Waals surface area contributed by atoms with Crippen molar-refractivity contribution in [3.63, 3.8) is 0 Å². The summed E-state index contributed by atoms with van der Waals surface area (Å²) >= 11 is 9.55. The van der Waals surface area contributed by atoms with Crippen molar-refractivity contribution in [2.45, 2.75) is 26.3 Å². The first kappa shape index (κ1) is 14.6. The van der Waals surface area contributed by atoms with E-state index in [1.54, 1.807) is 0 Å². The van der Waals surface area contributed by atoms with Crippen molar-refractivity contribution in [2.75, 3.05) is 6.54 Å². The van der Waals surface area contributed by atoms with Gasteiger partial charge in [-0.05, 0) is 50.2 Å². The summed E-state index contributed by atoms with van der Waals surface area (Å²) in [6.45, 7) is 5.24. The fraction of sp³-hybridized carbons (Fsp3) is 0.333. The van der Waals surface area contributed by atoms with Crippen molar-refractivity contribution in [1.29, 1.82) is 0 Å². The van der Waals surface area contributed by atoms with E-state index in [2.05, 4.69) is 35.1 Å². The van der Waals surface area contributed by atoms with Crippen molar-refractivity contribution in [3.8, 4) is 11.3 Å². The van der Waals surface area contributed by atoms with Crippen LogP contribution in [0.25, 0.3) is 11.3 Å². The highest BCUT2D eigenvalue weighted by atomic mass is 79.9. The standard InChI is InChI=1S/C15H17BrClNO/c1-3-8-18-10(2)14-6-7-15(19-14)12-9-11(17)4-5-13(12)16/h4-7,9-10,18H,3,8H2,1-2H3. The molecular formula is C15H17BrClNO. The lowest BCUT2D eigenvalue weighted by Gasteiger charge is -2.10. The number of hydrogen-bond donors (Lipinski definition) is 1. The molecule has 2 rings (SSSR count). The number of halogens is 2. The Labute approximate surface area is 127 Å². The summed E-state index contributed by atoms with van der Waals surface area (Å²) in [4.78, 5) is 0. The third kappa shape index (κ3) is 3.62. The number of benzene rings is 1. The average molecular weight is 343 g/mol. The number of hydrogen-bond acceptors (Lipinski definition) is 2. The topological polar surface area (TPSA) is 25.2 Å². The fourth-order valence-corrected chi connectivity index (χ4v) is 2.49. The molecule has 0 saturated heterocycles. The molecule has 1 heterocycles. The molecule has 19 heavy (non-hydrogen) atoms. The van der Waals surface area contributed by atoms with E-state index in [-0.39, 0.29) is 6.04 Å².